The van der Waals surface area contributed by atoms with E-state index in [1.807, 2.05) is 24.3 Å². The van der Waals surface area contributed by atoms with E-state index in [-0.39, 0.29) is 12.2 Å². The van der Waals surface area contributed by atoms with Gasteiger partial charge in [-0.25, -0.2) is 4.79 Å². The summed E-state index contributed by atoms with van der Waals surface area (Å²) in [4.78, 5) is 13.3. The Balaban J connectivity index is 1.93. The molecule has 0 aromatic heterocycles. The molecule has 17 heavy (non-hydrogen) atoms. The van der Waals surface area contributed by atoms with Gasteiger partial charge >= 0.3 is 6.09 Å². The van der Waals surface area contributed by atoms with E-state index in [0.717, 1.165) is 6.42 Å². The van der Waals surface area contributed by atoms with E-state index in [1.54, 1.807) is 30.3 Å². The van der Waals surface area contributed by atoms with Crippen molar-refractivity contribution in [3.63, 3.8) is 0 Å². The number of carbonyl (C=O) groups excluding carboxylic acids is 1. The van der Waals surface area contributed by atoms with Gasteiger partial charge in [0.15, 0.2) is 0 Å². The first-order valence-corrected chi connectivity index (χ1v) is 5.54. The van der Waals surface area contributed by atoms with Gasteiger partial charge in [-0.2, -0.15) is 0 Å². The Kier molecular flexibility index (Phi) is 3.77. The van der Waals surface area contributed by atoms with Gasteiger partial charge in [-0.3, -0.25) is 4.90 Å². The van der Waals surface area contributed by atoms with Gasteiger partial charge in [-0.1, -0.05) is 18.2 Å². The molecular weight excluding hydrogens is 218 g/mol. The zero-order valence-corrected chi connectivity index (χ0v) is 9.70. The fourth-order valence-electron chi connectivity index (χ4n) is 1.63. The van der Waals surface area contributed by atoms with Crippen LogP contribution < -0.4 is 4.74 Å². The van der Waals surface area contributed by atoms with Gasteiger partial charge in [0.05, 0.1) is 6.10 Å². The van der Waals surface area contributed by atoms with Crippen LogP contribution in [0.25, 0.3) is 0 Å². The molecule has 1 amide bonds. The van der Waals surface area contributed by atoms with Crippen LogP contribution >= 0.6 is 0 Å². The van der Waals surface area contributed by atoms with E-state index in [2.05, 4.69) is 0 Å². The Morgan fingerprint density at radius 2 is 2.12 bits per heavy atom. The SMILES string of the molecule is COC1C=CN(C(=O)Oc2ccccc2)CC1. The number of hydrogen-bond donors (Lipinski definition) is 0. The van der Waals surface area contributed by atoms with Gasteiger partial charge in [0.1, 0.15) is 5.75 Å². The predicted molar refractivity (Wildman–Crippen MR) is 63.7 cm³/mol. The number of methoxy groups -OCH3 is 1. The lowest BCUT2D eigenvalue weighted by molar-refractivity contribution is 0.110. The summed E-state index contributed by atoms with van der Waals surface area (Å²) in [5, 5.41) is 0. The molecule has 4 heteroatoms. The molecule has 1 aliphatic heterocycles. The molecule has 1 aliphatic rings. The standard InChI is InChI=1S/C13H15NO3/c1-16-11-7-9-14(10-8-11)13(15)17-12-5-3-2-4-6-12/h2-7,9,11H,8,10H2,1H3. The second-order valence-corrected chi connectivity index (χ2v) is 3.78. The van der Waals surface area contributed by atoms with Crippen LogP contribution in [-0.4, -0.2) is 30.8 Å². The largest absolute Gasteiger partial charge is 0.419 e. The van der Waals surface area contributed by atoms with Gasteiger partial charge < -0.3 is 9.47 Å². The maximum Gasteiger partial charge on any atom is 0.419 e. The van der Waals surface area contributed by atoms with E-state index < -0.39 is 0 Å². The third-order valence-electron chi connectivity index (χ3n) is 2.62. The summed E-state index contributed by atoms with van der Waals surface area (Å²) in [5.41, 5.74) is 0. The summed E-state index contributed by atoms with van der Waals surface area (Å²) in [7, 11) is 1.66. The lowest BCUT2D eigenvalue weighted by Gasteiger charge is -2.24. The van der Waals surface area contributed by atoms with Crippen molar-refractivity contribution in [2.75, 3.05) is 13.7 Å². The molecule has 0 N–H and O–H groups in total. The minimum absolute atomic E-state index is 0.0933. The van der Waals surface area contributed by atoms with E-state index in [4.69, 9.17) is 9.47 Å². The molecular formula is C13H15NO3. The highest BCUT2D eigenvalue weighted by Crippen LogP contribution is 2.14. The van der Waals surface area contributed by atoms with Crippen LogP contribution in [0.2, 0.25) is 0 Å². The Morgan fingerprint density at radius 3 is 2.71 bits per heavy atom. The summed E-state index contributed by atoms with van der Waals surface area (Å²) >= 11 is 0. The van der Waals surface area contributed by atoms with Crippen molar-refractivity contribution in [2.24, 2.45) is 0 Å². The second kappa shape index (κ2) is 5.50. The normalized spacial score (nSPS) is 19.1. The first-order valence-electron chi connectivity index (χ1n) is 5.54. The lowest BCUT2D eigenvalue weighted by Crippen LogP contribution is -2.34. The molecule has 1 atom stereocenters. The Morgan fingerprint density at radius 1 is 1.35 bits per heavy atom. The Hall–Kier alpha value is -1.81. The summed E-state index contributed by atoms with van der Waals surface area (Å²) in [6, 6.07) is 9.04. The summed E-state index contributed by atoms with van der Waals surface area (Å²) in [6.45, 7) is 0.612. The van der Waals surface area contributed by atoms with Crippen molar-refractivity contribution in [3.05, 3.63) is 42.6 Å². The monoisotopic (exact) mass is 233 g/mol. The molecule has 0 spiro atoms. The lowest BCUT2D eigenvalue weighted by atomic mass is 10.2. The zero-order valence-electron chi connectivity index (χ0n) is 9.70. The highest BCUT2D eigenvalue weighted by Gasteiger charge is 2.19. The highest BCUT2D eigenvalue weighted by molar-refractivity contribution is 5.71. The van der Waals surface area contributed by atoms with Crippen LogP contribution in [0.4, 0.5) is 4.79 Å². The molecule has 1 aromatic rings. The molecule has 0 bridgehead atoms. The topological polar surface area (TPSA) is 38.8 Å². The summed E-state index contributed by atoms with van der Waals surface area (Å²) in [5.74, 6) is 0.555. The quantitative estimate of drug-likeness (QED) is 0.787. The molecule has 1 heterocycles. The van der Waals surface area contributed by atoms with Crippen molar-refractivity contribution >= 4 is 6.09 Å². The number of rotatable bonds is 2. The first kappa shape index (κ1) is 11.7. The van der Waals surface area contributed by atoms with Gasteiger partial charge in [0, 0.05) is 19.9 Å². The molecule has 0 saturated heterocycles. The van der Waals surface area contributed by atoms with E-state index in [1.165, 1.54) is 0 Å². The minimum atomic E-state index is -0.359. The number of benzene rings is 1. The third kappa shape index (κ3) is 3.07. The van der Waals surface area contributed by atoms with Crippen molar-refractivity contribution in [2.45, 2.75) is 12.5 Å². The maximum absolute atomic E-state index is 11.8. The maximum atomic E-state index is 11.8. The van der Waals surface area contributed by atoms with E-state index >= 15 is 0 Å². The van der Waals surface area contributed by atoms with E-state index in [0.29, 0.717) is 12.3 Å². The number of nitrogens with zero attached hydrogens (tertiary/aromatic N) is 1. The molecule has 0 saturated carbocycles. The van der Waals surface area contributed by atoms with Crippen LogP contribution in [0.1, 0.15) is 6.42 Å². The molecule has 4 nitrogen and oxygen atoms in total. The van der Waals surface area contributed by atoms with Gasteiger partial charge in [0.2, 0.25) is 0 Å². The molecule has 90 valence electrons. The zero-order chi connectivity index (χ0) is 12.1. The van der Waals surface area contributed by atoms with Gasteiger partial charge in [-0.05, 0) is 24.6 Å². The fourth-order valence-corrected chi connectivity index (χ4v) is 1.63. The van der Waals surface area contributed by atoms with E-state index in [9.17, 15) is 4.79 Å². The van der Waals surface area contributed by atoms with Crippen LogP contribution in [0, 0.1) is 0 Å². The van der Waals surface area contributed by atoms with Crippen molar-refractivity contribution in [3.8, 4) is 5.75 Å². The van der Waals surface area contributed by atoms with Crippen LogP contribution in [0.5, 0.6) is 5.75 Å². The number of para-hydroxylation sites is 1. The Labute approximate surface area is 100 Å². The molecule has 0 fully saturated rings. The van der Waals surface area contributed by atoms with Crippen molar-refractivity contribution in [1.82, 2.24) is 4.90 Å². The average Bonchev–Trinajstić information content (AvgIpc) is 2.40. The predicted octanol–water partition coefficient (Wildman–Crippen LogP) is 2.42. The Bertz CT molecular complexity index is 402. The molecule has 1 unspecified atom stereocenters. The van der Waals surface area contributed by atoms with Gasteiger partial charge in [0.25, 0.3) is 0 Å². The highest BCUT2D eigenvalue weighted by atomic mass is 16.6. The molecule has 1 aromatic carbocycles. The van der Waals surface area contributed by atoms with Gasteiger partial charge in [-0.15, -0.1) is 0 Å². The van der Waals surface area contributed by atoms with Crippen molar-refractivity contribution < 1.29 is 14.3 Å². The third-order valence-corrected chi connectivity index (χ3v) is 2.62. The summed E-state index contributed by atoms with van der Waals surface area (Å²) in [6.07, 6.45) is 4.09. The van der Waals surface area contributed by atoms with Crippen LogP contribution in [-0.2, 0) is 4.74 Å². The minimum Gasteiger partial charge on any atom is -0.410 e. The number of amides is 1. The van der Waals surface area contributed by atoms with Crippen LogP contribution in [0.3, 0.4) is 0 Å². The fraction of sp³-hybridized carbons (Fsp3) is 0.308. The first-order chi connectivity index (χ1) is 8.29. The number of hydrogen-bond acceptors (Lipinski definition) is 3. The molecule has 2 rings (SSSR count). The smallest absolute Gasteiger partial charge is 0.410 e. The number of ether oxygens (including phenoxy) is 2. The second-order valence-electron chi connectivity index (χ2n) is 3.78. The molecule has 0 aliphatic carbocycles. The van der Waals surface area contributed by atoms with Crippen molar-refractivity contribution in [1.29, 1.82) is 0 Å². The van der Waals surface area contributed by atoms with Crippen LogP contribution in [0.15, 0.2) is 42.6 Å². The average molecular weight is 233 g/mol. The summed E-state index contributed by atoms with van der Waals surface area (Å²) < 4.78 is 10.4. The molecule has 0 radical (unpaired) electrons. The number of carbonyl (C=O) groups is 1.